The van der Waals surface area contributed by atoms with Crippen molar-refractivity contribution in [3.8, 4) is 0 Å². The fraction of sp³-hybridized carbons (Fsp3) is 0.765. The normalized spacial score (nSPS) is 32.3. The van der Waals surface area contributed by atoms with Gasteiger partial charge in [0.25, 0.3) is 5.56 Å². The highest BCUT2D eigenvalue weighted by atomic mass is 16.5. The molecular formula is C17H25N3O2. The van der Waals surface area contributed by atoms with Gasteiger partial charge in [-0.3, -0.25) is 4.79 Å². The SMILES string of the molecule is O=c1ccc(C2CC2)nn1C1CCC(NC2CCOC2)CC1. The first-order valence-electron chi connectivity index (χ1n) is 8.73. The Labute approximate surface area is 131 Å². The Balaban J connectivity index is 1.38. The Hall–Kier alpha value is -1.20. The van der Waals surface area contributed by atoms with Crippen LogP contribution in [0.3, 0.4) is 0 Å². The number of aromatic nitrogens is 2. The van der Waals surface area contributed by atoms with Crippen LogP contribution >= 0.6 is 0 Å². The maximum absolute atomic E-state index is 12.1. The number of hydrogen-bond acceptors (Lipinski definition) is 4. The number of rotatable bonds is 4. The summed E-state index contributed by atoms with van der Waals surface area (Å²) >= 11 is 0. The third-order valence-corrected chi connectivity index (χ3v) is 5.28. The molecule has 1 atom stereocenters. The van der Waals surface area contributed by atoms with Gasteiger partial charge >= 0.3 is 0 Å². The average Bonchev–Trinajstić information content (AvgIpc) is 3.27. The predicted molar refractivity (Wildman–Crippen MR) is 84.1 cm³/mol. The van der Waals surface area contributed by atoms with Gasteiger partial charge in [-0.1, -0.05) is 0 Å². The van der Waals surface area contributed by atoms with Gasteiger partial charge in [0.1, 0.15) is 0 Å². The highest BCUT2D eigenvalue weighted by molar-refractivity contribution is 5.13. The summed E-state index contributed by atoms with van der Waals surface area (Å²) in [5.41, 5.74) is 1.17. The molecule has 1 aromatic rings. The average molecular weight is 303 g/mol. The van der Waals surface area contributed by atoms with Crippen LogP contribution in [0.4, 0.5) is 0 Å². The molecule has 1 saturated heterocycles. The van der Waals surface area contributed by atoms with Crippen molar-refractivity contribution in [3.63, 3.8) is 0 Å². The van der Waals surface area contributed by atoms with E-state index < -0.39 is 0 Å². The zero-order valence-electron chi connectivity index (χ0n) is 13.0. The Bertz CT molecular complexity index is 568. The molecule has 0 aromatic carbocycles. The van der Waals surface area contributed by atoms with E-state index in [4.69, 9.17) is 4.74 Å². The van der Waals surface area contributed by atoms with Crippen LogP contribution in [-0.4, -0.2) is 35.1 Å². The summed E-state index contributed by atoms with van der Waals surface area (Å²) in [7, 11) is 0. The van der Waals surface area contributed by atoms with Crippen LogP contribution in [0.15, 0.2) is 16.9 Å². The van der Waals surface area contributed by atoms with Crippen molar-refractivity contribution in [2.45, 2.75) is 69.0 Å². The first-order valence-corrected chi connectivity index (χ1v) is 8.73. The van der Waals surface area contributed by atoms with Gasteiger partial charge < -0.3 is 10.1 Å². The molecule has 3 fully saturated rings. The minimum Gasteiger partial charge on any atom is -0.380 e. The molecule has 1 unspecified atom stereocenters. The number of ether oxygens (including phenoxy) is 1. The van der Waals surface area contributed by atoms with Crippen molar-refractivity contribution < 1.29 is 4.74 Å². The third-order valence-electron chi connectivity index (χ3n) is 5.28. The molecule has 0 spiro atoms. The molecular weight excluding hydrogens is 278 g/mol. The van der Waals surface area contributed by atoms with Crippen LogP contribution in [0.1, 0.15) is 62.6 Å². The van der Waals surface area contributed by atoms with Crippen LogP contribution in [0.25, 0.3) is 0 Å². The number of nitrogens with zero attached hydrogens (tertiary/aromatic N) is 2. The molecule has 5 heteroatoms. The van der Waals surface area contributed by atoms with E-state index in [0.29, 0.717) is 18.0 Å². The Kier molecular flexibility index (Phi) is 4.01. The smallest absolute Gasteiger partial charge is 0.267 e. The van der Waals surface area contributed by atoms with E-state index in [1.807, 2.05) is 6.07 Å². The largest absolute Gasteiger partial charge is 0.380 e. The lowest BCUT2D eigenvalue weighted by molar-refractivity contribution is 0.183. The molecule has 0 radical (unpaired) electrons. The minimum absolute atomic E-state index is 0.0602. The Morgan fingerprint density at radius 3 is 2.55 bits per heavy atom. The maximum atomic E-state index is 12.1. The lowest BCUT2D eigenvalue weighted by Crippen LogP contribution is -2.42. The fourth-order valence-corrected chi connectivity index (χ4v) is 3.78. The summed E-state index contributed by atoms with van der Waals surface area (Å²) < 4.78 is 7.19. The van der Waals surface area contributed by atoms with E-state index in [2.05, 4.69) is 10.4 Å². The zero-order valence-corrected chi connectivity index (χ0v) is 13.0. The highest BCUT2D eigenvalue weighted by Crippen LogP contribution is 2.38. The van der Waals surface area contributed by atoms with Gasteiger partial charge in [-0.05, 0) is 51.0 Å². The van der Waals surface area contributed by atoms with Crippen LogP contribution in [0, 0.1) is 0 Å². The molecule has 120 valence electrons. The number of nitrogens with one attached hydrogen (secondary N) is 1. The molecule has 4 rings (SSSR count). The summed E-state index contributed by atoms with van der Waals surface area (Å²) in [4.78, 5) is 12.1. The van der Waals surface area contributed by atoms with Crippen molar-refractivity contribution in [3.05, 3.63) is 28.2 Å². The molecule has 2 aliphatic carbocycles. The Morgan fingerprint density at radius 2 is 1.86 bits per heavy atom. The van der Waals surface area contributed by atoms with Crippen LogP contribution in [-0.2, 0) is 4.74 Å². The van der Waals surface area contributed by atoms with E-state index in [1.54, 1.807) is 10.7 Å². The molecule has 5 nitrogen and oxygen atoms in total. The first-order chi connectivity index (χ1) is 10.8. The minimum atomic E-state index is 0.0602. The first kappa shape index (κ1) is 14.4. The summed E-state index contributed by atoms with van der Waals surface area (Å²) in [6.07, 6.45) is 7.94. The monoisotopic (exact) mass is 303 g/mol. The van der Waals surface area contributed by atoms with Gasteiger partial charge in [-0.2, -0.15) is 5.10 Å². The molecule has 2 saturated carbocycles. The second kappa shape index (κ2) is 6.13. The van der Waals surface area contributed by atoms with Gasteiger partial charge in [0.2, 0.25) is 0 Å². The quantitative estimate of drug-likeness (QED) is 0.924. The Morgan fingerprint density at radius 1 is 1.05 bits per heavy atom. The van der Waals surface area contributed by atoms with Crippen molar-refractivity contribution >= 4 is 0 Å². The van der Waals surface area contributed by atoms with E-state index in [0.717, 1.165) is 51.0 Å². The summed E-state index contributed by atoms with van der Waals surface area (Å²) in [5.74, 6) is 0.604. The van der Waals surface area contributed by atoms with Gasteiger partial charge in [0.15, 0.2) is 0 Å². The summed E-state index contributed by atoms with van der Waals surface area (Å²) in [5, 5.41) is 8.36. The molecule has 1 N–H and O–H groups in total. The van der Waals surface area contributed by atoms with E-state index in [1.165, 1.54) is 12.8 Å². The van der Waals surface area contributed by atoms with Gasteiger partial charge in [0, 0.05) is 30.7 Å². The number of hydrogen-bond donors (Lipinski definition) is 1. The summed E-state index contributed by atoms with van der Waals surface area (Å²) in [6, 6.07) is 5.01. The molecule has 1 aromatic heterocycles. The maximum Gasteiger partial charge on any atom is 0.267 e. The summed E-state index contributed by atoms with van der Waals surface area (Å²) in [6.45, 7) is 1.74. The molecule has 2 heterocycles. The van der Waals surface area contributed by atoms with E-state index in [-0.39, 0.29) is 11.6 Å². The lowest BCUT2D eigenvalue weighted by Gasteiger charge is -2.31. The standard InChI is InChI=1S/C17H25N3O2/c21-17-8-7-16(12-1-2-12)19-20(17)15-5-3-13(4-6-15)18-14-9-10-22-11-14/h7-8,12-15,18H,1-6,9-11H2. The van der Waals surface area contributed by atoms with E-state index >= 15 is 0 Å². The second-order valence-electron chi connectivity index (χ2n) is 7.05. The van der Waals surface area contributed by atoms with Gasteiger partial charge in [-0.25, -0.2) is 4.68 Å². The molecule has 0 amide bonds. The molecule has 1 aliphatic heterocycles. The van der Waals surface area contributed by atoms with Gasteiger partial charge in [-0.15, -0.1) is 0 Å². The van der Waals surface area contributed by atoms with Crippen molar-refractivity contribution in [2.75, 3.05) is 13.2 Å². The third kappa shape index (κ3) is 3.10. The predicted octanol–water partition coefficient (Wildman–Crippen LogP) is 1.98. The molecule has 0 bridgehead atoms. The molecule has 22 heavy (non-hydrogen) atoms. The lowest BCUT2D eigenvalue weighted by atomic mass is 9.90. The van der Waals surface area contributed by atoms with Gasteiger partial charge in [0.05, 0.1) is 18.3 Å². The van der Waals surface area contributed by atoms with E-state index in [9.17, 15) is 4.79 Å². The van der Waals surface area contributed by atoms with Crippen LogP contribution in [0.2, 0.25) is 0 Å². The fourth-order valence-electron chi connectivity index (χ4n) is 3.78. The highest BCUT2D eigenvalue weighted by Gasteiger charge is 2.29. The second-order valence-corrected chi connectivity index (χ2v) is 7.05. The van der Waals surface area contributed by atoms with Crippen LogP contribution in [0.5, 0.6) is 0 Å². The zero-order chi connectivity index (χ0) is 14.9. The van der Waals surface area contributed by atoms with Crippen LogP contribution < -0.4 is 10.9 Å². The van der Waals surface area contributed by atoms with Crippen molar-refractivity contribution in [2.24, 2.45) is 0 Å². The van der Waals surface area contributed by atoms with Crippen molar-refractivity contribution in [1.29, 1.82) is 0 Å². The molecule has 3 aliphatic rings. The van der Waals surface area contributed by atoms with Crippen molar-refractivity contribution in [1.82, 2.24) is 15.1 Å². The topological polar surface area (TPSA) is 56.2 Å².